The highest BCUT2D eigenvalue weighted by molar-refractivity contribution is 7.91. The summed E-state index contributed by atoms with van der Waals surface area (Å²) in [5.74, 6) is -3.69. The minimum Gasteiger partial charge on any atom is -0.323 e. The first-order valence-electron chi connectivity index (χ1n) is 6.35. The molecule has 1 N–H and O–H groups in total. The molecule has 0 atom stereocenters. The van der Waals surface area contributed by atoms with Gasteiger partial charge in [-0.25, -0.2) is 17.2 Å². The number of anilines is 1. The smallest absolute Gasteiger partial charge is 0.239 e. The Hall–Kier alpha value is -2.28. The van der Waals surface area contributed by atoms with Crippen molar-refractivity contribution in [1.29, 1.82) is 0 Å². The van der Waals surface area contributed by atoms with Crippen molar-refractivity contribution in [2.24, 2.45) is 0 Å². The number of rotatable bonds is 5. The molecule has 0 spiro atoms. The predicted molar refractivity (Wildman–Crippen MR) is 78.9 cm³/mol. The number of benzene rings is 2. The van der Waals surface area contributed by atoms with Crippen LogP contribution in [0, 0.1) is 11.6 Å². The number of hydrogen-bond donors (Lipinski definition) is 1. The quantitative estimate of drug-likeness (QED) is 0.919. The van der Waals surface area contributed by atoms with Gasteiger partial charge in [-0.05, 0) is 17.7 Å². The van der Waals surface area contributed by atoms with E-state index in [1.54, 1.807) is 30.3 Å². The third kappa shape index (κ3) is 4.63. The van der Waals surface area contributed by atoms with E-state index in [0.717, 1.165) is 12.1 Å². The van der Waals surface area contributed by atoms with Crippen LogP contribution >= 0.6 is 0 Å². The monoisotopic (exact) mass is 325 g/mol. The minimum absolute atomic E-state index is 0.263. The predicted octanol–water partition coefficient (Wildman–Crippen LogP) is 2.52. The molecular formula is C15H13F2NO3S. The van der Waals surface area contributed by atoms with Crippen LogP contribution in [0.3, 0.4) is 0 Å². The maximum absolute atomic E-state index is 13.4. The first kappa shape index (κ1) is 16.1. The molecule has 0 aliphatic heterocycles. The molecule has 7 heteroatoms. The number of halogens is 2. The molecule has 116 valence electrons. The molecule has 0 heterocycles. The number of amides is 1. The summed E-state index contributed by atoms with van der Waals surface area (Å²) in [6, 6.07) is 11.0. The van der Waals surface area contributed by atoms with Gasteiger partial charge in [0.1, 0.15) is 17.4 Å². The van der Waals surface area contributed by atoms with Crippen molar-refractivity contribution in [1.82, 2.24) is 0 Å². The zero-order chi connectivity index (χ0) is 16.2. The van der Waals surface area contributed by atoms with E-state index in [1.165, 1.54) is 0 Å². The van der Waals surface area contributed by atoms with Crippen LogP contribution in [0.15, 0.2) is 48.5 Å². The van der Waals surface area contributed by atoms with E-state index in [-0.39, 0.29) is 11.4 Å². The molecular weight excluding hydrogens is 312 g/mol. The van der Waals surface area contributed by atoms with Gasteiger partial charge in [0.15, 0.2) is 9.84 Å². The molecule has 0 fully saturated rings. The summed E-state index contributed by atoms with van der Waals surface area (Å²) in [6.07, 6.45) is 0. The Bertz CT molecular complexity index is 777. The fourth-order valence-corrected chi connectivity index (χ4v) is 3.13. The topological polar surface area (TPSA) is 63.2 Å². The zero-order valence-corrected chi connectivity index (χ0v) is 12.2. The summed E-state index contributed by atoms with van der Waals surface area (Å²) >= 11 is 0. The molecule has 22 heavy (non-hydrogen) atoms. The lowest BCUT2D eigenvalue weighted by Gasteiger charge is -2.07. The van der Waals surface area contributed by atoms with Gasteiger partial charge >= 0.3 is 0 Å². The summed E-state index contributed by atoms with van der Waals surface area (Å²) in [5, 5.41) is 2.12. The second kappa shape index (κ2) is 6.65. The van der Waals surface area contributed by atoms with Crippen LogP contribution in [0.4, 0.5) is 14.5 Å². The molecule has 2 rings (SSSR count). The SMILES string of the molecule is O=C(CS(=O)(=O)Cc1ccccc1)Nc1ccc(F)cc1F. The van der Waals surface area contributed by atoms with E-state index in [4.69, 9.17) is 0 Å². The molecule has 0 radical (unpaired) electrons. The number of sulfone groups is 1. The van der Waals surface area contributed by atoms with Crippen molar-refractivity contribution in [2.75, 3.05) is 11.1 Å². The Labute approximate surface area is 126 Å². The molecule has 2 aromatic rings. The second-order valence-electron chi connectivity index (χ2n) is 4.69. The Balaban J connectivity index is 2.02. The molecule has 2 aromatic carbocycles. The largest absolute Gasteiger partial charge is 0.323 e. The van der Waals surface area contributed by atoms with Gasteiger partial charge in [0.2, 0.25) is 5.91 Å². The van der Waals surface area contributed by atoms with E-state index in [9.17, 15) is 22.0 Å². The average molecular weight is 325 g/mol. The average Bonchev–Trinajstić information content (AvgIpc) is 2.42. The Morgan fingerprint density at radius 1 is 1.05 bits per heavy atom. The number of carbonyl (C=O) groups is 1. The van der Waals surface area contributed by atoms with E-state index in [0.29, 0.717) is 11.6 Å². The molecule has 0 saturated carbocycles. The van der Waals surface area contributed by atoms with E-state index in [2.05, 4.69) is 5.32 Å². The van der Waals surface area contributed by atoms with Crippen LogP contribution in [0.5, 0.6) is 0 Å². The second-order valence-corrected chi connectivity index (χ2v) is 6.75. The molecule has 0 aromatic heterocycles. The van der Waals surface area contributed by atoms with Crippen molar-refractivity contribution >= 4 is 21.4 Å². The van der Waals surface area contributed by atoms with Crippen molar-refractivity contribution in [3.05, 3.63) is 65.7 Å². The van der Waals surface area contributed by atoms with Crippen molar-refractivity contribution < 1.29 is 22.0 Å². The Morgan fingerprint density at radius 2 is 1.73 bits per heavy atom. The van der Waals surface area contributed by atoms with Crippen LogP contribution in [0.1, 0.15) is 5.56 Å². The van der Waals surface area contributed by atoms with Crippen LogP contribution in [-0.4, -0.2) is 20.1 Å². The third-order valence-corrected chi connectivity index (χ3v) is 4.26. The normalized spacial score (nSPS) is 11.2. The van der Waals surface area contributed by atoms with Gasteiger partial charge in [-0.2, -0.15) is 0 Å². The molecule has 0 bridgehead atoms. The fourth-order valence-electron chi connectivity index (χ4n) is 1.86. The molecule has 0 unspecified atom stereocenters. The van der Waals surface area contributed by atoms with Gasteiger partial charge in [-0.3, -0.25) is 4.79 Å². The van der Waals surface area contributed by atoms with Gasteiger partial charge in [0, 0.05) is 6.07 Å². The molecule has 0 aliphatic rings. The van der Waals surface area contributed by atoms with Gasteiger partial charge in [0.25, 0.3) is 0 Å². The maximum atomic E-state index is 13.4. The van der Waals surface area contributed by atoms with Gasteiger partial charge < -0.3 is 5.32 Å². The van der Waals surface area contributed by atoms with Gasteiger partial charge in [-0.1, -0.05) is 30.3 Å². The molecule has 0 aliphatic carbocycles. The third-order valence-electron chi connectivity index (χ3n) is 2.79. The highest BCUT2D eigenvalue weighted by Crippen LogP contribution is 2.15. The fraction of sp³-hybridized carbons (Fsp3) is 0.133. The first-order valence-corrected chi connectivity index (χ1v) is 8.17. The summed E-state index contributed by atoms with van der Waals surface area (Å²) in [4.78, 5) is 11.7. The summed E-state index contributed by atoms with van der Waals surface area (Å²) in [6.45, 7) is 0. The molecule has 1 amide bonds. The Morgan fingerprint density at radius 3 is 2.36 bits per heavy atom. The van der Waals surface area contributed by atoms with Crippen molar-refractivity contribution in [2.45, 2.75) is 5.75 Å². The highest BCUT2D eigenvalue weighted by Gasteiger charge is 2.18. The van der Waals surface area contributed by atoms with E-state index >= 15 is 0 Å². The van der Waals surface area contributed by atoms with Crippen molar-refractivity contribution in [3.63, 3.8) is 0 Å². The van der Waals surface area contributed by atoms with Crippen LogP contribution in [0.2, 0.25) is 0 Å². The first-order chi connectivity index (χ1) is 10.4. The number of hydrogen-bond acceptors (Lipinski definition) is 3. The van der Waals surface area contributed by atoms with Gasteiger partial charge in [0.05, 0.1) is 11.4 Å². The molecule has 0 saturated heterocycles. The highest BCUT2D eigenvalue weighted by atomic mass is 32.2. The van der Waals surface area contributed by atoms with Gasteiger partial charge in [-0.15, -0.1) is 0 Å². The summed E-state index contributed by atoms with van der Waals surface area (Å²) < 4.78 is 50.0. The standard InChI is InChI=1S/C15H13F2NO3S/c16-12-6-7-14(13(17)8-12)18-15(19)10-22(20,21)9-11-4-2-1-3-5-11/h1-8H,9-10H2,(H,18,19). The maximum Gasteiger partial charge on any atom is 0.239 e. The van der Waals surface area contributed by atoms with E-state index in [1.807, 2.05) is 0 Å². The zero-order valence-electron chi connectivity index (χ0n) is 11.4. The lowest BCUT2D eigenvalue weighted by atomic mass is 10.2. The molecule has 4 nitrogen and oxygen atoms in total. The lowest BCUT2D eigenvalue weighted by molar-refractivity contribution is -0.113. The summed E-state index contributed by atoms with van der Waals surface area (Å²) in [7, 11) is -3.68. The lowest BCUT2D eigenvalue weighted by Crippen LogP contribution is -2.24. The Kier molecular flexibility index (Phi) is 4.87. The van der Waals surface area contributed by atoms with Crippen molar-refractivity contribution in [3.8, 4) is 0 Å². The van der Waals surface area contributed by atoms with E-state index < -0.39 is 33.1 Å². The number of carbonyl (C=O) groups excluding carboxylic acids is 1. The minimum atomic E-state index is -3.68. The van der Waals surface area contributed by atoms with Crippen LogP contribution in [0.25, 0.3) is 0 Å². The number of nitrogens with one attached hydrogen (secondary N) is 1. The van der Waals surface area contributed by atoms with Crippen LogP contribution in [-0.2, 0) is 20.4 Å². The van der Waals surface area contributed by atoms with Crippen LogP contribution < -0.4 is 5.32 Å². The summed E-state index contributed by atoms with van der Waals surface area (Å²) in [5.41, 5.74) is 0.296.